The van der Waals surface area contributed by atoms with Crippen LogP contribution in [0.5, 0.6) is 11.5 Å². The number of benzene rings is 2. The van der Waals surface area contributed by atoms with Crippen LogP contribution in [-0.2, 0) is 6.54 Å². The molecule has 7 heteroatoms. The molecule has 0 aliphatic rings. The maximum absolute atomic E-state index is 12.7. The zero-order valence-corrected chi connectivity index (χ0v) is 16.9. The minimum Gasteiger partial charge on any atom is -0.497 e. The van der Waals surface area contributed by atoms with Gasteiger partial charge in [-0.25, -0.2) is 9.97 Å². The van der Waals surface area contributed by atoms with Crippen LogP contribution in [0.4, 0.5) is 11.6 Å². The fourth-order valence-electron chi connectivity index (χ4n) is 2.81. The number of methoxy groups -OCH3 is 2. The summed E-state index contributed by atoms with van der Waals surface area (Å²) < 4.78 is 10.5. The van der Waals surface area contributed by atoms with E-state index >= 15 is 0 Å². The quantitative estimate of drug-likeness (QED) is 0.633. The van der Waals surface area contributed by atoms with E-state index in [1.54, 1.807) is 21.1 Å². The van der Waals surface area contributed by atoms with Crippen molar-refractivity contribution in [2.24, 2.45) is 0 Å². The normalized spacial score (nSPS) is 10.3. The summed E-state index contributed by atoms with van der Waals surface area (Å²) in [5.41, 5.74) is 3.69. The number of carbonyl (C=O) groups is 1. The van der Waals surface area contributed by atoms with E-state index in [0.717, 1.165) is 16.9 Å². The van der Waals surface area contributed by atoms with E-state index in [2.05, 4.69) is 20.6 Å². The van der Waals surface area contributed by atoms with Crippen molar-refractivity contribution in [1.29, 1.82) is 0 Å². The van der Waals surface area contributed by atoms with E-state index in [0.29, 0.717) is 35.2 Å². The molecule has 2 N–H and O–H groups in total. The number of amides is 1. The number of nitrogens with zero attached hydrogens (tertiary/aromatic N) is 2. The van der Waals surface area contributed by atoms with E-state index in [-0.39, 0.29) is 5.91 Å². The zero-order valence-electron chi connectivity index (χ0n) is 16.9. The summed E-state index contributed by atoms with van der Waals surface area (Å²) in [6, 6.07) is 13.3. The molecule has 0 bridgehead atoms. The summed E-state index contributed by atoms with van der Waals surface area (Å²) in [5, 5.41) is 6.04. The van der Waals surface area contributed by atoms with Gasteiger partial charge in [-0.05, 0) is 49.2 Å². The van der Waals surface area contributed by atoms with Crippen LogP contribution in [0.2, 0.25) is 0 Å². The summed E-state index contributed by atoms with van der Waals surface area (Å²) in [6.45, 7) is 4.30. The SMILES string of the molecule is COc1ccc(CNc2ncc(C(=O)Nc3cc(C)ccc3OC)c(C)n2)cc1. The topological polar surface area (TPSA) is 85.4 Å². The molecule has 0 atom stereocenters. The average molecular weight is 392 g/mol. The predicted molar refractivity (Wildman–Crippen MR) is 113 cm³/mol. The maximum atomic E-state index is 12.7. The molecule has 3 rings (SSSR count). The molecular weight excluding hydrogens is 368 g/mol. The lowest BCUT2D eigenvalue weighted by molar-refractivity contribution is 0.102. The number of aryl methyl sites for hydroxylation is 2. The molecular formula is C22H24N4O3. The Kier molecular flexibility index (Phi) is 6.29. The van der Waals surface area contributed by atoms with Crippen molar-refractivity contribution < 1.29 is 14.3 Å². The fourth-order valence-corrected chi connectivity index (χ4v) is 2.81. The van der Waals surface area contributed by atoms with Crippen molar-refractivity contribution >= 4 is 17.5 Å². The van der Waals surface area contributed by atoms with E-state index in [9.17, 15) is 4.79 Å². The van der Waals surface area contributed by atoms with Crippen molar-refractivity contribution in [1.82, 2.24) is 9.97 Å². The molecule has 1 aromatic heterocycles. The Balaban J connectivity index is 1.68. The van der Waals surface area contributed by atoms with Gasteiger partial charge in [-0.1, -0.05) is 18.2 Å². The highest BCUT2D eigenvalue weighted by Gasteiger charge is 2.14. The van der Waals surface area contributed by atoms with E-state index in [4.69, 9.17) is 9.47 Å². The van der Waals surface area contributed by atoms with Crippen molar-refractivity contribution in [3.05, 3.63) is 71.0 Å². The minimum absolute atomic E-state index is 0.284. The molecule has 29 heavy (non-hydrogen) atoms. The first-order valence-electron chi connectivity index (χ1n) is 9.16. The molecule has 0 spiro atoms. The molecule has 1 amide bonds. The van der Waals surface area contributed by atoms with Gasteiger partial charge in [0.1, 0.15) is 11.5 Å². The van der Waals surface area contributed by atoms with Gasteiger partial charge in [0.15, 0.2) is 0 Å². The molecule has 150 valence electrons. The third-order valence-electron chi connectivity index (χ3n) is 4.44. The van der Waals surface area contributed by atoms with Crippen LogP contribution < -0.4 is 20.1 Å². The Bertz CT molecular complexity index is 1000. The first-order chi connectivity index (χ1) is 14.0. The third-order valence-corrected chi connectivity index (χ3v) is 4.44. The largest absolute Gasteiger partial charge is 0.497 e. The summed E-state index contributed by atoms with van der Waals surface area (Å²) >= 11 is 0. The Hall–Kier alpha value is -3.61. The van der Waals surface area contributed by atoms with Gasteiger partial charge in [-0.3, -0.25) is 4.79 Å². The van der Waals surface area contributed by atoms with Crippen LogP contribution in [0.3, 0.4) is 0 Å². The van der Waals surface area contributed by atoms with Gasteiger partial charge in [-0.2, -0.15) is 0 Å². The second-order valence-corrected chi connectivity index (χ2v) is 6.55. The van der Waals surface area contributed by atoms with Crippen LogP contribution in [0.1, 0.15) is 27.2 Å². The lowest BCUT2D eigenvalue weighted by atomic mass is 10.2. The predicted octanol–water partition coefficient (Wildman–Crippen LogP) is 3.98. The first-order valence-corrected chi connectivity index (χ1v) is 9.16. The van der Waals surface area contributed by atoms with Gasteiger partial charge >= 0.3 is 0 Å². The number of nitrogens with one attached hydrogen (secondary N) is 2. The molecule has 0 unspecified atom stereocenters. The smallest absolute Gasteiger partial charge is 0.259 e. The van der Waals surface area contributed by atoms with Gasteiger partial charge < -0.3 is 20.1 Å². The van der Waals surface area contributed by atoms with Crippen LogP contribution in [0.25, 0.3) is 0 Å². The zero-order chi connectivity index (χ0) is 20.8. The monoisotopic (exact) mass is 392 g/mol. The highest BCUT2D eigenvalue weighted by molar-refractivity contribution is 6.05. The van der Waals surface area contributed by atoms with Crippen LogP contribution >= 0.6 is 0 Å². The molecule has 1 heterocycles. The summed E-state index contributed by atoms with van der Waals surface area (Å²) in [7, 11) is 3.20. The Labute approximate surface area is 170 Å². The van der Waals surface area contributed by atoms with Crippen molar-refractivity contribution in [2.45, 2.75) is 20.4 Å². The molecule has 0 radical (unpaired) electrons. The van der Waals surface area contributed by atoms with Crippen molar-refractivity contribution in [3.8, 4) is 11.5 Å². The fraction of sp³-hybridized carbons (Fsp3) is 0.227. The molecule has 0 aliphatic carbocycles. The number of aromatic nitrogens is 2. The van der Waals surface area contributed by atoms with Gasteiger partial charge in [0, 0.05) is 12.7 Å². The number of hydrogen-bond acceptors (Lipinski definition) is 6. The third kappa shape index (κ3) is 5.01. The molecule has 3 aromatic rings. The number of anilines is 2. The highest BCUT2D eigenvalue weighted by atomic mass is 16.5. The summed E-state index contributed by atoms with van der Waals surface area (Å²) in [6.07, 6.45) is 1.52. The minimum atomic E-state index is -0.284. The van der Waals surface area contributed by atoms with Gasteiger partial charge in [0.2, 0.25) is 5.95 Å². The summed E-state index contributed by atoms with van der Waals surface area (Å²) in [4.78, 5) is 21.4. The lowest BCUT2D eigenvalue weighted by Gasteiger charge is -2.12. The average Bonchev–Trinajstić information content (AvgIpc) is 2.72. The van der Waals surface area contributed by atoms with E-state index in [1.165, 1.54) is 6.20 Å². The van der Waals surface area contributed by atoms with E-state index < -0.39 is 0 Å². The second kappa shape index (κ2) is 9.05. The van der Waals surface area contributed by atoms with Crippen LogP contribution in [0, 0.1) is 13.8 Å². The number of carbonyl (C=O) groups excluding carboxylic acids is 1. The molecule has 0 saturated carbocycles. The van der Waals surface area contributed by atoms with Gasteiger partial charge in [0.05, 0.1) is 31.2 Å². The molecule has 2 aromatic carbocycles. The van der Waals surface area contributed by atoms with E-state index in [1.807, 2.05) is 49.4 Å². The number of ether oxygens (including phenoxy) is 2. The number of rotatable bonds is 7. The van der Waals surface area contributed by atoms with Crippen molar-refractivity contribution in [3.63, 3.8) is 0 Å². The Morgan fingerprint density at radius 1 is 1.03 bits per heavy atom. The standard InChI is InChI=1S/C22H24N4O3/c1-14-5-10-20(29-4)19(11-14)26-21(27)18-13-24-22(25-15(18)2)23-12-16-6-8-17(28-3)9-7-16/h5-11,13H,12H2,1-4H3,(H,26,27)(H,23,24,25). The maximum Gasteiger partial charge on any atom is 0.259 e. The van der Waals surface area contributed by atoms with Crippen LogP contribution in [-0.4, -0.2) is 30.1 Å². The molecule has 7 nitrogen and oxygen atoms in total. The molecule has 0 fully saturated rings. The van der Waals surface area contributed by atoms with Gasteiger partial charge in [-0.15, -0.1) is 0 Å². The van der Waals surface area contributed by atoms with Crippen LogP contribution in [0.15, 0.2) is 48.7 Å². The molecule has 0 aliphatic heterocycles. The highest BCUT2D eigenvalue weighted by Crippen LogP contribution is 2.26. The Morgan fingerprint density at radius 2 is 1.79 bits per heavy atom. The molecule has 0 saturated heterocycles. The number of hydrogen-bond donors (Lipinski definition) is 2. The first kappa shape index (κ1) is 20.1. The van der Waals surface area contributed by atoms with Crippen molar-refractivity contribution in [2.75, 3.05) is 24.9 Å². The summed E-state index contributed by atoms with van der Waals surface area (Å²) in [5.74, 6) is 1.58. The second-order valence-electron chi connectivity index (χ2n) is 6.55. The lowest BCUT2D eigenvalue weighted by Crippen LogP contribution is -2.16. The Morgan fingerprint density at radius 3 is 2.45 bits per heavy atom. The van der Waals surface area contributed by atoms with Gasteiger partial charge in [0.25, 0.3) is 5.91 Å².